The van der Waals surface area contributed by atoms with E-state index in [4.69, 9.17) is 15.0 Å². The summed E-state index contributed by atoms with van der Waals surface area (Å²) in [4.78, 5) is 28.0. The lowest BCUT2D eigenvalue weighted by Crippen LogP contribution is -2.07. The topological polar surface area (TPSA) is 55.7 Å². The van der Waals surface area contributed by atoms with Crippen molar-refractivity contribution in [2.45, 2.75) is 0 Å². The number of nitrogens with zero attached hydrogens (tertiary/aromatic N) is 3. The molecule has 0 N–H and O–H groups in total. The molecule has 0 bridgehead atoms. The highest BCUT2D eigenvalue weighted by Gasteiger charge is 2.34. The largest absolute Gasteiger partial charge is 0.289 e. The molecular weight excluding hydrogens is 485 g/mol. The van der Waals surface area contributed by atoms with E-state index in [-0.39, 0.29) is 22.7 Å². The maximum Gasteiger partial charge on any atom is 0.195 e. The zero-order chi connectivity index (χ0) is 26.3. The number of hydrogen-bond acceptors (Lipinski definition) is 4. The molecule has 0 fully saturated rings. The summed E-state index contributed by atoms with van der Waals surface area (Å²) in [6, 6.07) is 37.5. The molecule has 6 aromatic rings. The molecule has 0 unspecified atom stereocenters. The predicted molar refractivity (Wildman–Crippen MR) is 150 cm³/mol. The zero-order valence-corrected chi connectivity index (χ0v) is 20.7. The second-order valence-corrected chi connectivity index (χ2v) is 9.31. The van der Waals surface area contributed by atoms with Crippen LogP contribution in [0.5, 0.6) is 0 Å². The summed E-state index contributed by atoms with van der Waals surface area (Å²) >= 11 is 0. The molecule has 1 heterocycles. The molecule has 39 heavy (non-hydrogen) atoms. The maximum absolute atomic E-state index is 16.7. The van der Waals surface area contributed by atoms with Crippen LogP contribution >= 0.6 is 0 Å². The Labute approximate surface area is 224 Å². The number of rotatable bonds is 4. The molecule has 0 spiro atoms. The number of carbonyl (C=O) groups excluding carboxylic acids is 1. The molecule has 1 aliphatic carbocycles. The molecule has 0 saturated carbocycles. The van der Waals surface area contributed by atoms with Crippen molar-refractivity contribution in [3.05, 3.63) is 138 Å². The van der Waals surface area contributed by atoms with Crippen LogP contribution in [-0.2, 0) is 0 Å². The first kappa shape index (κ1) is 22.9. The van der Waals surface area contributed by atoms with Gasteiger partial charge in [-0.15, -0.1) is 0 Å². The summed E-state index contributed by atoms with van der Waals surface area (Å²) in [5, 5.41) is 0. The van der Waals surface area contributed by atoms with Gasteiger partial charge >= 0.3 is 0 Å². The van der Waals surface area contributed by atoms with Gasteiger partial charge in [0.15, 0.2) is 23.3 Å². The van der Waals surface area contributed by atoms with E-state index in [0.717, 1.165) is 16.7 Å². The second-order valence-electron chi connectivity index (χ2n) is 9.31. The summed E-state index contributed by atoms with van der Waals surface area (Å²) in [7, 11) is 0. The molecule has 0 aliphatic heterocycles. The molecule has 184 valence electrons. The lowest BCUT2D eigenvalue weighted by molar-refractivity contribution is 0.104. The fourth-order valence-electron chi connectivity index (χ4n) is 5.12. The van der Waals surface area contributed by atoms with Gasteiger partial charge in [0.25, 0.3) is 0 Å². The molecular formula is C34H20FN3O. The van der Waals surface area contributed by atoms with Crippen LogP contribution in [0.15, 0.2) is 121 Å². The number of fused-ring (bicyclic) bond motifs is 3. The zero-order valence-electron chi connectivity index (χ0n) is 20.7. The van der Waals surface area contributed by atoms with Gasteiger partial charge in [0.05, 0.1) is 5.56 Å². The van der Waals surface area contributed by atoms with Crippen LogP contribution in [0, 0.1) is 5.82 Å². The first-order valence-corrected chi connectivity index (χ1v) is 12.6. The normalized spacial score (nSPS) is 11.8. The fraction of sp³-hybridized carbons (Fsp3) is 0. The first-order valence-electron chi connectivity index (χ1n) is 12.6. The molecule has 0 radical (unpaired) electrons. The van der Waals surface area contributed by atoms with Gasteiger partial charge < -0.3 is 0 Å². The SMILES string of the molecule is O=C1c2ccccc2-c2cc(-c3ccccc3)c(F)c(-c3nc(-c4ccccc4)nc(-c4ccccc4)n3)c21. The average Bonchev–Trinajstić information content (AvgIpc) is 3.29. The Morgan fingerprint density at radius 2 is 0.897 bits per heavy atom. The van der Waals surface area contributed by atoms with Crippen molar-refractivity contribution >= 4 is 5.78 Å². The second kappa shape index (κ2) is 9.23. The van der Waals surface area contributed by atoms with E-state index in [0.29, 0.717) is 33.9 Å². The molecule has 5 aromatic carbocycles. The van der Waals surface area contributed by atoms with Crippen molar-refractivity contribution in [2.24, 2.45) is 0 Å². The quantitative estimate of drug-likeness (QED) is 0.244. The van der Waals surface area contributed by atoms with Crippen LogP contribution in [-0.4, -0.2) is 20.7 Å². The minimum absolute atomic E-state index is 0.0873. The first-order chi connectivity index (χ1) is 19.2. The van der Waals surface area contributed by atoms with E-state index in [9.17, 15) is 4.79 Å². The van der Waals surface area contributed by atoms with Crippen molar-refractivity contribution < 1.29 is 9.18 Å². The molecule has 0 atom stereocenters. The van der Waals surface area contributed by atoms with E-state index >= 15 is 4.39 Å². The summed E-state index contributed by atoms with van der Waals surface area (Å²) in [6.45, 7) is 0. The Bertz CT molecular complexity index is 1810. The molecule has 4 nitrogen and oxygen atoms in total. The standard InChI is InChI=1S/C34H20FN3O/c35-30-26(21-12-4-1-5-13-21)20-27-24-18-10-11-19-25(24)31(39)28(27)29(30)34-37-32(22-14-6-2-7-15-22)36-33(38-34)23-16-8-3-9-17-23/h1-20H. The van der Waals surface area contributed by atoms with Crippen molar-refractivity contribution in [2.75, 3.05) is 0 Å². The van der Waals surface area contributed by atoms with E-state index in [1.54, 1.807) is 12.1 Å². The monoisotopic (exact) mass is 505 g/mol. The summed E-state index contributed by atoms with van der Waals surface area (Å²) < 4.78 is 16.7. The molecule has 1 aromatic heterocycles. The smallest absolute Gasteiger partial charge is 0.195 e. The number of hydrogen-bond donors (Lipinski definition) is 0. The van der Waals surface area contributed by atoms with Crippen LogP contribution < -0.4 is 0 Å². The Balaban J connectivity index is 1.57. The number of carbonyl (C=O) groups is 1. The van der Waals surface area contributed by atoms with Crippen molar-refractivity contribution in [1.29, 1.82) is 0 Å². The van der Waals surface area contributed by atoms with Crippen LogP contribution in [0.1, 0.15) is 15.9 Å². The highest BCUT2D eigenvalue weighted by molar-refractivity contribution is 6.25. The Morgan fingerprint density at radius 3 is 1.46 bits per heavy atom. The third-order valence-electron chi connectivity index (χ3n) is 6.96. The van der Waals surface area contributed by atoms with Crippen LogP contribution in [0.25, 0.3) is 56.4 Å². The maximum atomic E-state index is 16.7. The lowest BCUT2D eigenvalue weighted by Gasteiger charge is -2.15. The molecule has 0 amide bonds. The highest BCUT2D eigenvalue weighted by Crippen LogP contribution is 2.45. The van der Waals surface area contributed by atoms with E-state index in [1.165, 1.54) is 0 Å². The van der Waals surface area contributed by atoms with Gasteiger partial charge in [-0.1, -0.05) is 115 Å². The lowest BCUT2D eigenvalue weighted by atomic mass is 9.92. The van der Waals surface area contributed by atoms with Crippen molar-refractivity contribution in [3.63, 3.8) is 0 Å². The van der Waals surface area contributed by atoms with Crippen LogP contribution in [0.3, 0.4) is 0 Å². The number of halogens is 1. The van der Waals surface area contributed by atoms with E-state index in [2.05, 4.69) is 0 Å². The minimum atomic E-state index is -0.537. The third-order valence-corrected chi connectivity index (χ3v) is 6.96. The number of ketones is 1. The summed E-state index contributed by atoms with van der Waals surface area (Å²) in [6.07, 6.45) is 0. The average molecular weight is 506 g/mol. The van der Waals surface area contributed by atoms with Gasteiger partial charge in [0, 0.05) is 27.8 Å². The van der Waals surface area contributed by atoms with Gasteiger partial charge in [-0.25, -0.2) is 19.3 Å². The summed E-state index contributed by atoms with van der Waals surface area (Å²) in [5.74, 6) is 0.152. The van der Waals surface area contributed by atoms with Crippen LogP contribution in [0.2, 0.25) is 0 Å². The van der Waals surface area contributed by atoms with Gasteiger partial charge in [-0.05, 0) is 22.8 Å². The van der Waals surface area contributed by atoms with Gasteiger partial charge in [0.2, 0.25) is 0 Å². The fourth-order valence-corrected chi connectivity index (χ4v) is 5.12. The minimum Gasteiger partial charge on any atom is -0.289 e. The van der Waals surface area contributed by atoms with Crippen molar-refractivity contribution in [3.8, 4) is 56.4 Å². The van der Waals surface area contributed by atoms with Gasteiger partial charge in [-0.2, -0.15) is 0 Å². The molecule has 0 saturated heterocycles. The van der Waals surface area contributed by atoms with E-state index in [1.807, 2.05) is 109 Å². The number of benzene rings is 5. The van der Waals surface area contributed by atoms with Crippen molar-refractivity contribution in [1.82, 2.24) is 15.0 Å². The van der Waals surface area contributed by atoms with E-state index < -0.39 is 5.82 Å². The third kappa shape index (κ3) is 3.83. The number of aromatic nitrogens is 3. The van der Waals surface area contributed by atoms with Crippen LogP contribution in [0.4, 0.5) is 4.39 Å². The molecule has 5 heteroatoms. The van der Waals surface area contributed by atoms with Gasteiger partial charge in [0.1, 0.15) is 5.82 Å². The predicted octanol–water partition coefficient (Wildman–Crippen LogP) is 7.89. The molecule has 1 aliphatic rings. The van der Waals surface area contributed by atoms with Gasteiger partial charge in [-0.3, -0.25) is 4.79 Å². The Kier molecular flexibility index (Phi) is 5.41. The summed E-state index contributed by atoms with van der Waals surface area (Å²) in [5.41, 5.74) is 4.98. The highest BCUT2D eigenvalue weighted by atomic mass is 19.1. The molecule has 7 rings (SSSR count). The Hall–Kier alpha value is -5.29. The Morgan fingerprint density at radius 1 is 0.436 bits per heavy atom.